The van der Waals surface area contributed by atoms with E-state index in [2.05, 4.69) is 10.0 Å². The predicted octanol–water partition coefficient (Wildman–Crippen LogP) is 2.86. The molecule has 0 aliphatic rings. The van der Waals surface area contributed by atoms with Crippen LogP contribution in [0, 0.1) is 23.0 Å². The van der Waals surface area contributed by atoms with Gasteiger partial charge in [0.2, 0.25) is 10.0 Å². The number of carbonyl (C=O) groups excluding carboxylic acids is 1. The molecule has 2 aromatic rings. The van der Waals surface area contributed by atoms with E-state index in [4.69, 9.17) is 4.74 Å². The van der Waals surface area contributed by atoms with Crippen molar-refractivity contribution in [3.63, 3.8) is 0 Å². The Hall–Kier alpha value is -2.98. The van der Waals surface area contributed by atoms with Gasteiger partial charge in [0.1, 0.15) is 5.75 Å². The second-order valence-electron chi connectivity index (χ2n) is 6.76. The number of hydrogen-bond acceptors (Lipinski definition) is 6. The van der Waals surface area contributed by atoms with Crippen molar-refractivity contribution in [3.05, 3.63) is 58.1 Å². The topological polar surface area (TPSA) is 128 Å². The van der Waals surface area contributed by atoms with E-state index in [0.717, 1.165) is 0 Å². The maximum absolute atomic E-state index is 12.2. The molecule has 29 heavy (non-hydrogen) atoms. The molecule has 10 heteroatoms. The van der Waals surface area contributed by atoms with E-state index < -0.39 is 20.9 Å². The lowest BCUT2D eigenvalue weighted by atomic mass is 10.1. The Bertz CT molecular complexity index is 988. The van der Waals surface area contributed by atoms with Gasteiger partial charge < -0.3 is 10.1 Å². The lowest BCUT2D eigenvalue weighted by Crippen LogP contribution is -2.27. The summed E-state index contributed by atoms with van der Waals surface area (Å²) in [6.07, 6.45) is 0. The number of benzene rings is 2. The van der Waals surface area contributed by atoms with Gasteiger partial charge in [-0.05, 0) is 43.2 Å². The fraction of sp³-hybridized carbons (Fsp3) is 0.316. The third-order valence-electron chi connectivity index (χ3n) is 3.96. The van der Waals surface area contributed by atoms with E-state index in [0.29, 0.717) is 23.5 Å². The van der Waals surface area contributed by atoms with Crippen molar-refractivity contribution in [2.75, 3.05) is 18.5 Å². The van der Waals surface area contributed by atoms with Gasteiger partial charge in [0.15, 0.2) is 6.61 Å². The molecule has 0 atom stereocenters. The largest absolute Gasteiger partial charge is 0.484 e. The molecule has 0 fully saturated rings. The second kappa shape index (κ2) is 9.48. The molecule has 0 bridgehead atoms. The zero-order valence-electron chi connectivity index (χ0n) is 16.3. The maximum atomic E-state index is 12.2. The molecule has 0 aliphatic heterocycles. The number of hydrogen-bond donors (Lipinski definition) is 2. The Kier molecular flexibility index (Phi) is 7.29. The van der Waals surface area contributed by atoms with Crippen LogP contribution < -0.4 is 14.8 Å². The van der Waals surface area contributed by atoms with Gasteiger partial charge in [-0.15, -0.1) is 0 Å². The summed E-state index contributed by atoms with van der Waals surface area (Å²) in [7, 11) is -3.60. The van der Waals surface area contributed by atoms with Gasteiger partial charge in [0.25, 0.3) is 11.6 Å². The molecule has 0 aliphatic carbocycles. The predicted molar refractivity (Wildman–Crippen MR) is 108 cm³/mol. The van der Waals surface area contributed by atoms with Crippen molar-refractivity contribution < 1.29 is 22.9 Å². The average molecular weight is 421 g/mol. The molecule has 2 N–H and O–H groups in total. The van der Waals surface area contributed by atoms with Crippen molar-refractivity contribution in [3.8, 4) is 5.75 Å². The highest BCUT2D eigenvalue weighted by atomic mass is 32.2. The van der Waals surface area contributed by atoms with E-state index >= 15 is 0 Å². The highest BCUT2D eigenvalue weighted by molar-refractivity contribution is 7.89. The van der Waals surface area contributed by atoms with E-state index in [1.807, 2.05) is 13.8 Å². The van der Waals surface area contributed by atoms with Crippen LogP contribution in [0.1, 0.15) is 19.4 Å². The molecule has 2 aromatic carbocycles. The average Bonchev–Trinajstić information content (AvgIpc) is 2.66. The Morgan fingerprint density at radius 2 is 1.83 bits per heavy atom. The van der Waals surface area contributed by atoms with E-state index in [1.165, 1.54) is 36.4 Å². The maximum Gasteiger partial charge on any atom is 0.274 e. The normalized spacial score (nSPS) is 11.3. The van der Waals surface area contributed by atoms with Gasteiger partial charge in [-0.25, -0.2) is 13.1 Å². The fourth-order valence-corrected chi connectivity index (χ4v) is 3.58. The fourth-order valence-electron chi connectivity index (χ4n) is 2.37. The standard InChI is InChI=1S/C19H23N3O6S/c1-13(2)11-20-29(26,27)16-9-7-15(8-10-16)28-12-19(23)21-17-5-4-6-18(14(17)3)22(24)25/h4-10,13,20H,11-12H2,1-3H3,(H,21,23). The Morgan fingerprint density at radius 3 is 2.41 bits per heavy atom. The summed E-state index contributed by atoms with van der Waals surface area (Å²) >= 11 is 0. The number of anilines is 1. The molecule has 0 saturated heterocycles. The van der Waals surface area contributed by atoms with Gasteiger partial charge in [0.05, 0.1) is 21.1 Å². The number of nitrogens with one attached hydrogen (secondary N) is 2. The number of rotatable bonds is 9. The molecule has 0 heterocycles. The molecule has 0 radical (unpaired) electrons. The van der Waals surface area contributed by atoms with E-state index in [1.54, 1.807) is 13.0 Å². The zero-order valence-corrected chi connectivity index (χ0v) is 17.2. The lowest BCUT2D eigenvalue weighted by molar-refractivity contribution is -0.385. The molecule has 0 spiro atoms. The number of carbonyl (C=O) groups is 1. The highest BCUT2D eigenvalue weighted by Gasteiger charge is 2.16. The van der Waals surface area contributed by atoms with Crippen LogP contribution in [-0.2, 0) is 14.8 Å². The van der Waals surface area contributed by atoms with Crippen LogP contribution in [0.3, 0.4) is 0 Å². The van der Waals surface area contributed by atoms with Gasteiger partial charge in [-0.1, -0.05) is 19.9 Å². The SMILES string of the molecule is Cc1c(NC(=O)COc2ccc(S(=O)(=O)NCC(C)C)cc2)cccc1[N+](=O)[O-]. The molecular formula is C19H23N3O6S. The van der Waals surface area contributed by atoms with Crippen LogP contribution in [0.4, 0.5) is 11.4 Å². The van der Waals surface area contributed by atoms with Gasteiger partial charge in [0, 0.05) is 12.6 Å². The third kappa shape index (κ3) is 6.26. The molecule has 0 saturated carbocycles. The van der Waals surface area contributed by atoms with Crippen LogP contribution in [-0.4, -0.2) is 32.4 Å². The number of sulfonamides is 1. The van der Waals surface area contributed by atoms with E-state index in [-0.39, 0.29) is 23.1 Å². The summed E-state index contributed by atoms with van der Waals surface area (Å²) in [5, 5.41) is 13.5. The minimum atomic E-state index is -3.60. The Morgan fingerprint density at radius 1 is 1.17 bits per heavy atom. The molecule has 156 valence electrons. The molecular weight excluding hydrogens is 398 g/mol. The van der Waals surface area contributed by atoms with Gasteiger partial charge in [-0.2, -0.15) is 0 Å². The summed E-state index contributed by atoms with van der Waals surface area (Å²) < 4.78 is 32.2. The zero-order chi connectivity index (χ0) is 21.6. The number of nitro benzene ring substituents is 1. The van der Waals surface area contributed by atoms with Crippen LogP contribution in [0.5, 0.6) is 5.75 Å². The quantitative estimate of drug-likeness (QED) is 0.473. The Labute approximate surface area is 169 Å². The molecule has 9 nitrogen and oxygen atoms in total. The first-order valence-electron chi connectivity index (χ1n) is 8.86. The van der Waals surface area contributed by atoms with Crippen LogP contribution >= 0.6 is 0 Å². The van der Waals surface area contributed by atoms with Crippen molar-refractivity contribution in [1.29, 1.82) is 0 Å². The monoisotopic (exact) mass is 421 g/mol. The Balaban J connectivity index is 1.96. The van der Waals surface area contributed by atoms with Crippen molar-refractivity contribution >= 4 is 27.3 Å². The highest BCUT2D eigenvalue weighted by Crippen LogP contribution is 2.25. The van der Waals surface area contributed by atoms with Crippen molar-refractivity contribution in [2.24, 2.45) is 5.92 Å². The number of nitrogens with zero attached hydrogens (tertiary/aromatic N) is 1. The summed E-state index contributed by atoms with van der Waals surface area (Å²) in [4.78, 5) is 22.6. The van der Waals surface area contributed by atoms with Crippen molar-refractivity contribution in [2.45, 2.75) is 25.7 Å². The van der Waals surface area contributed by atoms with Crippen molar-refractivity contribution in [1.82, 2.24) is 4.72 Å². The second-order valence-corrected chi connectivity index (χ2v) is 8.53. The molecule has 0 unspecified atom stereocenters. The van der Waals surface area contributed by atoms with Crippen LogP contribution in [0.15, 0.2) is 47.4 Å². The molecule has 2 rings (SSSR count). The lowest BCUT2D eigenvalue weighted by Gasteiger charge is -2.11. The number of ether oxygens (including phenoxy) is 1. The van der Waals surface area contributed by atoms with E-state index in [9.17, 15) is 23.3 Å². The summed E-state index contributed by atoms with van der Waals surface area (Å²) in [6, 6.07) is 10.1. The van der Waals surface area contributed by atoms with Crippen LogP contribution in [0.25, 0.3) is 0 Å². The minimum Gasteiger partial charge on any atom is -0.484 e. The first-order valence-corrected chi connectivity index (χ1v) is 10.3. The van der Waals surface area contributed by atoms with Gasteiger partial charge in [-0.3, -0.25) is 14.9 Å². The first kappa shape index (κ1) is 22.3. The van der Waals surface area contributed by atoms with Gasteiger partial charge >= 0.3 is 0 Å². The number of nitro groups is 1. The summed E-state index contributed by atoms with van der Waals surface area (Å²) in [6.45, 7) is 5.35. The minimum absolute atomic E-state index is 0.0911. The molecule has 0 aromatic heterocycles. The van der Waals surface area contributed by atoms with Crippen LogP contribution in [0.2, 0.25) is 0 Å². The molecule has 1 amide bonds. The number of amides is 1. The third-order valence-corrected chi connectivity index (χ3v) is 5.40. The summed E-state index contributed by atoms with van der Waals surface area (Å²) in [5.74, 6) is 0.00296. The summed E-state index contributed by atoms with van der Waals surface area (Å²) in [5.41, 5.74) is 0.575. The first-order chi connectivity index (χ1) is 13.6. The smallest absolute Gasteiger partial charge is 0.274 e.